The summed E-state index contributed by atoms with van der Waals surface area (Å²) in [7, 11) is 0. The highest BCUT2D eigenvalue weighted by Gasteiger charge is 2.62. The van der Waals surface area contributed by atoms with Crippen LogP contribution >= 0.6 is 0 Å². The maximum atomic E-state index is 12.0. The molecule has 4 nitrogen and oxygen atoms in total. The lowest BCUT2D eigenvalue weighted by atomic mass is 9.78. The molecule has 16 heavy (non-hydrogen) atoms. The molecule has 1 saturated heterocycles. The average Bonchev–Trinajstić information content (AvgIpc) is 2.59. The molecule has 4 heteroatoms. The number of aldehydes is 1. The van der Waals surface area contributed by atoms with Crippen molar-refractivity contribution in [1.82, 2.24) is 4.90 Å². The Morgan fingerprint density at radius 2 is 1.81 bits per heavy atom. The number of imide groups is 1. The van der Waals surface area contributed by atoms with Crippen molar-refractivity contribution in [2.45, 2.75) is 6.92 Å². The van der Waals surface area contributed by atoms with Crippen LogP contribution in [-0.4, -0.2) is 29.5 Å². The van der Waals surface area contributed by atoms with Crippen molar-refractivity contribution in [3.63, 3.8) is 0 Å². The molecule has 1 heterocycles. The number of hydrogen-bond acceptors (Lipinski definition) is 3. The minimum absolute atomic E-state index is 0.0822. The molecule has 0 spiro atoms. The van der Waals surface area contributed by atoms with E-state index in [2.05, 4.69) is 0 Å². The van der Waals surface area contributed by atoms with E-state index in [4.69, 9.17) is 0 Å². The van der Waals surface area contributed by atoms with Gasteiger partial charge in [-0.3, -0.25) is 14.5 Å². The molecule has 0 radical (unpaired) electrons. The van der Waals surface area contributed by atoms with Crippen molar-refractivity contribution in [2.24, 2.45) is 29.6 Å². The van der Waals surface area contributed by atoms with Crippen LogP contribution in [-0.2, 0) is 14.4 Å². The third-order valence-corrected chi connectivity index (χ3v) is 4.24. The first-order valence-corrected chi connectivity index (χ1v) is 5.69. The van der Waals surface area contributed by atoms with Gasteiger partial charge in [-0.2, -0.15) is 0 Å². The van der Waals surface area contributed by atoms with Crippen molar-refractivity contribution in [3.8, 4) is 0 Å². The molecule has 5 atom stereocenters. The lowest BCUT2D eigenvalue weighted by Gasteiger charge is -2.28. The first-order valence-electron chi connectivity index (χ1n) is 5.69. The van der Waals surface area contributed by atoms with Crippen molar-refractivity contribution >= 4 is 18.1 Å². The van der Waals surface area contributed by atoms with Crippen LogP contribution in [0.3, 0.4) is 0 Å². The van der Waals surface area contributed by atoms with E-state index in [0.717, 1.165) is 6.29 Å². The van der Waals surface area contributed by atoms with Crippen LogP contribution in [0.25, 0.3) is 0 Å². The molecule has 1 saturated carbocycles. The van der Waals surface area contributed by atoms with Gasteiger partial charge in [0.15, 0.2) is 0 Å². The number of nitrogens with zero attached hydrogens (tertiary/aromatic N) is 1. The lowest BCUT2D eigenvalue weighted by molar-refractivity contribution is -0.141. The van der Waals surface area contributed by atoms with Crippen molar-refractivity contribution in [3.05, 3.63) is 12.2 Å². The summed E-state index contributed by atoms with van der Waals surface area (Å²) < 4.78 is 0. The Kier molecular flexibility index (Phi) is 1.85. The van der Waals surface area contributed by atoms with Crippen LogP contribution in [0.4, 0.5) is 0 Å². The zero-order valence-corrected chi connectivity index (χ0v) is 9.00. The van der Waals surface area contributed by atoms with E-state index in [1.54, 1.807) is 6.92 Å². The summed E-state index contributed by atoms with van der Waals surface area (Å²) in [4.78, 5) is 36.4. The molecular formula is C12H13NO3. The average molecular weight is 219 g/mol. The summed E-state index contributed by atoms with van der Waals surface area (Å²) in [6, 6.07) is 0. The van der Waals surface area contributed by atoms with E-state index in [9.17, 15) is 14.4 Å². The van der Waals surface area contributed by atoms with Crippen LogP contribution < -0.4 is 0 Å². The quantitative estimate of drug-likeness (QED) is 0.380. The highest BCUT2D eigenvalue weighted by Crippen LogP contribution is 2.55. The van der Waals surface area contributed by atoms with Crippen LogP contribution in [0.5, 0.6) is 0 Å². The zero-order valence-electron chi connectivity index (χ0n) is 9.00. The van der Waals surface area contributed by atoms with Crippen LogP contribution in [0.15, 0.2) is 12.2 Å². The Bertz CT molecular complexity index is 414. The topological polar surface area (TPSA) is 54.5 Å². The number of amides is 2. The first kappa shape index (κ1) is 9.75. The molecule has 3 unspecified atom stereocenters. The first-order chi connectivity index (χ1) is 7.70. The molecule has 3 aliphatic rings. The molecule has 0 aromatic heterocycles. The summed E-state index contributed by atoms with van der Waals surface area (Å²) >= 11 is 0. The van der Waals surface area contributed by atoms with E-state index >= 15 is 0 Å². The van der Waals surface area contributed by atoms with Crippen LogP contribution in [0.1, 0.15) is 6.92 Å². The Morgan fingerprint density at radius 3 is 2.31 bits per heavy atom. The zero-order chi connectivity index (χ0) is 11.4. The van der Waals surface area contributed by atoms with Crippen LogP contribution in [0, 0.1) is 29.6 Å². The van der Waals surface area contributed by atoms with Gasteiger partial charge in [0.2, 0.25) is 11.8 Å². The number of carbonyl (C=O) groups is 3. The second kappa shape index (κ2) is 3.03. The smallest absolute Gasteiger partial charge is 0.233 e. The van der Waals surface area contributed by atoms with Crippen molar-refractivity contribution < 1.29 is 14.4 Å². The van der Waals surface area contributed by atoms with Gasteiger partial charge in [-0.15, -0.1) is 0 Å². The van der Waals surface area contributed by atoms with E-state index in [1.807, 2.05) is 12.2 Å². The van der Waals surface area contributed by atoms with Crippen molar-refractivity contribution in [2.75, 3.05) is 6.54 Å². The molecule has 3 rings (SSSR count). The molecule has 2 fully saturated rings. The highest BCUT2D eigenvalue weighted by molar-refractivity contribution is 6.07. The molecule has 0 aromatic rings. The highest BCUT2D eigenvalue weighted by atomic mass is 16.2. The molecule has 0 N–H and O–H groups in total. The SMILES string of the molecule is CCN1C(=O)[C@@H]2C(C=O)C3C=CC3[C@@H]2C1=O. The molecule has 2 aliphatic carbocycles. The minimum atomic E-state index is -0.394. The number of carbonyl (C=O) groups excluding carboxylic acids is 3. The van der Waals surface area contributed by atoms with Crippen LogP contribution in [0.2, 0.25) is 0 Å². The summed E-state index contributed by atoms with van der Waals surface area (Å²) in [5.41, 5.74) is 0. The summed E-state index contributed by atoms with van der Waals surface area (Å²) in [5, 5.41) is 0. The van der Waals surface area contributed by atoms with Gasteiger partial charge in [0.1, 0.15) is 6.29 Å². The van der Waals surface area contributed by atoms with Gasteiger partial charge in [-0.05, 0) is 18.8 Å². The van der Waals surface area contributed by atoms with E-state index < -0.39 is 5.92 Å². The van der Waals surface area contributed by atoms with E-state index in [-0.39, 0.29) is 35.5 Å². The molecule has 0 aromatic carbocycles. The Labute approximate surface area is 93.3 Å². The predicted octanol–water partition coefficient (Wildman–Crippen LogP) is 0.238. The number of fused-ring (bicyclic) bond motifs is 3. The fourth-order valence-corrected chi connectivity index (χ4v) is 3.42. The second-order valence-corrected chi connectivity index (χ2v) is 4.73. The molecule has 2 amide bonds. The molecule has 0 bridgehead atoms. The monoisotopic (exact) mass is 219 g/mol. The van der Waals surface area contributed by atoms with E-state index in [0.29, 0.717) is 6.54 Å². The van der Waals surface area contributed by atoms with E-state index in [1.165, 1.54) is 4.90 Å². The van der Waals surface area contributed by atoms with Gasteiger partial charge in [-0.1, -0.05) is 12.2 Å². The third kappa shape index (κ3) is 0.883. The molecule has 84 valence electrons. The number of allylic oxidation sites excluding steroid dienone is 2. The minimum Gasteiger partial charge on any atom is -0.303 e. The predicted molar refractivity (Wildman–Crippen MR) is 55.0 cm³/mol. The third-order valence-electron chi connectivity index (χ3n) is 4.24. The fourth-order valence-electron chi connectivity index (χ4n) is 3.42. The largest absolute Gasteiger partial charge is 0.303 e. The Hall–Kier alpha value is -1.45. The fraction of sp³-hybridized carbons (Fsp3) is 0.583. The Balaban J connectivity index is 2.02. The number of rotatable bonds is 2. The lowest BCUT2D eigenvalue weighted by Crippen LogP contribution is -2.36. The second-order valence-electron chi connectivity index (χ2n) is 4.73. The summed E-state index contributed by atoms with van der Waals surface area (Å²) in [6.07, 6.45) is 4.78. The summed E-state index contributed by atoms with van der Waals surface area (Å²) in [5.74, 6) is -0.930. The molecular weight excluding hydrogens is 206 g/mol. The Morgan fingerprint density at radius 1 is 1.19 bits per heavy atom. The van der Waals surface area contributed by atoms with Crippen molar-refractivity contribution in [1.29, 1.82) is 0 Å². The standard InChI is InChI=1S/C12H13NO3/c1-2-13-11(15)9-7-4-3-6(7)8(5-14)10(9)12(13)16/h3-10H,2H2,1H3/t6?,7?,8?,9-,10+/m0/s1. The normalized spacial score (nSPS) is 44.3. The molecule has 1 aliphatic heterocycles. The number of hydrogen-bond donors (Lipinski definition) is 0. The van der Waals surface area contributed by atoms with Gasteiger partial charge in [-0.25, -0.2) is 0 Å². The maximum absolute atomic E-state index is 12.0. The van der Waals surface area contributed by atoms with Gasteiger partial charge < -0.3 is 4.79 Å². The summed E-state index contributed by atoms with van der Waals surface area (Å²) in [6.45, 7) is 2.21. The van der Waals surface area contributed by atoms with Gasteiger partial charge in [0.05, 0.1) is 11.8 Å². The van der Waals surface area contributed by atoms with Gasteiger partial charge >= 0.3 is 0 Å². The van der Waals surface area contributed by atoms with Gasteiger partial charge in [0, 0.05) is 12.5 Å². The van der Waals surface area contributed by atoms with Gasteiger partial charge in [0.25, 0.3) is 0 Å². The maximum Gasteiger partial charge on any atom is 0.233 e. The number of likely N-dealkylation sites (tertiary alicyclic amines) is 1.